The van der Waals surface area contributed by atoms with E-state index in [0.29, 0.717) is 37.4 Å². The maximum Gasteiger partial charge on any atom is 0.321 e. The zero-order valence-electron chi connectivity index (χ0n) is 15.7. The summed E-state index contributed by atoms with van der Waals surface area (Å²) in [6.45, 7) is 2.42. The predicted molar refractivity (Wildman–Crippen MR) is 119 cm³/mol. The van der Waals surface area contributed by atoms with Gasteiger partial charge in [0, 0.05) is 48.8 Å². The number of carbonyl (C=O) groups excluding carboxylic acids is 1. The number of nitrogens with zero attached hydrogens (tertiary/aromatic N) is 4. The number of aromatic nitrogens is 2. The summed E-state index contributed by atoms with van der Waals surface area (Å²) in [5.74, 6) is 0.742. The summed E-state index contributed by atoms with van der Waals surface area (Å²) in [6, 6.07) is 8.65. The van der Waals surface area contributed by atoms with Crippen molar-refractivity contribution in [2.45, 2.75) is 4.90 Å². The molecule has 154 valence electrons. The van der Waals surface area contributed by atoms with Crippen LogP contribution in [0.3, 0.4) is 0 Å². The van der Waals surface area contributed by atoms with Crippen molar-refractivity contribution in [1.82, 2.24) is 14.3 Å². The molecule has 0 bridgehead atoms. The van der Waals surface area contributed by atoms with Crippen molar-refractivity contribution < 1.29 is 13.2 Å². The minimum absolute atomic E-state index is 0.225. The first-order valence-electron chi connectivity index (χ1n) is 9.25. The van der Waals surface area contributed by atoms with E-state index in [4.69, 9.17) is 0 Å². The summed E-state index contributed by atoms with van der Waals surface area (Å²) < 4.78 is 28.5. The molecule has 8 nitrogen and oxygen atoms in total. The Morgan fingerprint density at radius 2 is 1.97 bits per heavy atom. The number of thiophene rings is 1. The molecule has 3 aromatic rings. The number of benzene rings is 1. The van der Waals surface area contributed by atoms with Crippen LogP contribution in [-0.2, 0) is 9.84 Å². The van der Waals surface area contributed by atoms with E-state index in [0.717, 1.165) is 15.8 Å². The molecule has 0 unspecified atom stereocenters. The third kappa shape index (κ3) is 3.59. The van der Waals surface area contributed by atoms with Crippen molar-refractivity contribution in [2.75, 3.05) is 36.4 Å². The molecule has 2 amide bonds. The quantitative estimate of drug-likeness (QED) is 0.645. The van der Waals surface area contributed by atoms with Crippen molar-refractivity contribution in [2.24, 2.45) is 0 Å². The van der Waals surface area contributed by atoms with Gasteiger partial charge in [0.15, 0.2) is 5.82 Å². The van der Waals surface area contributed by atoms with Crippen LogP contribution in [0.5, 0.6) is 0 Å². The lowest BCUT2D eigenvalue weighted by atomic mass is 10.2. The normalized spacial score (nSPS) is 17.2. The van der Waals surface area contributed by atoms with Crippen molar-refractivity contribution in [3.63, 3.8) is 0 Å². The van der Waals surface area contributed by atoms with Crippen LogP contribution < -0.4 is 10.2 Å². The fourth-order valence-corrected chi connectivity index (χ4v) is 6.06. The summed E-state index contributed by atoms with van der Waals surface area (Å²) in [7, 11) is -3.40. The smallest absolute Gasteiger partial charge is 0.321 e. The van der Waals surface area contributed by atoms with E-state index in [-0.39, 0.29) is 10.9 Å². The van der Waals surface area contributed by atoms with Crippen LogP contribution in [0.4, 0.5) is 15.6 Å². The molecule has 4 heterocycles. The predicted octanol–water partition coefficient (Wildman–Crippen LogP) is 3.38. The molecule has 2 aliphatic rings. The molecule has 11 heteroatoms. The number of anilines is 2. The second-order valence-electron chi connectivity index (χ2n) is 6.88. The zero-order valence-corrected chi connectivity index (χ0v) is 18.1. The number of rotatable bonds is 3. The second-order valence-corrected chi connectivity index (χ2v) is 10.4. The van der Waals surface area contributed by atoms with Gasteiger partial charge in [0.2, 0.25) is 15.0 Å². The van der Waals surface area contributed by atoms with Crippen LogP contribution in [0.25, 0.3) is 16.8 Å². The highest BCUT2D eigenvalue weighted by Gasteiger charge is 2.25. The van der Waals surface area contributed by atoms with Gasteiger partial charge in [-0.3, -0.25) is 0 Å². The molecule has 1 N–H and O–H groups in total. The minimum atomic E-state index is -3.40. The van der Waals surface area contributed by atoms with Crippen LogP contribution in [0.15, 0.2) is 46.0 Å². The highest BCUT2D eigenvalue weighted by atomic mass is 32.2. The third-order valence-electron chi connectivity index (χ3n) is 4.99. The Balaban J connectivity index is 1.21. The summed E-state index contributed by atoms with van der Waals surface area (Å²) in [6.07, 6.45) is 1.56. The third-order valence-corrected chi connectivity index (χ3v) is 8.10. The highest BCUT2D eigenvalue weighted by Crippen LogP contribution is 2.30. The van der Waals surface area contributed by atoms with E-state index in [1.807, 2.05) is 17.5 Å². The van der Waals surface area contributed by atoms with E-state index in [2.05, 4.69) is 19.6 Å². The molecule has 0 aliphatic carbocycles. The Morgan fingerprint density at radius 3 is 2.73 bits per heavy atom. The molecule has 0 atom stereocenters. The molecule has 2 aliphatic heterocycles. The number of sulfone groups is 1. The van der Waals surface area contributed by atoms with Gasteiger partial charge in [-0.15, -0.1) is 11.3 Å². The number of hydrogen-bond donors (Lipinski definition) is 1. The van der Waals surface area contributed by atoms with E-state index < -0.39 is 9.84 Å². The van der Waals surface area contributed by atoms with Gasteiger partial charge >= 0.3 is 6.03 Å². The van der Waals surface area contributed by atoms with Crippen LogP contribution in [0.1, 0.15) is 5.56 Å². The number of hydrogen-bond acceptors (Lipinski definition) is 8. The lowest BCUT2D eigenvalue weighted by Gasteiger charge is -2.34. The standard InChI is InChI=1S/C19H17N5O3S3/c25-18(20-14-4-3-13-5-11-30(26,27)16(13)12-14)23-6-8-24(9-7-23)19-21-17(22-29-19)15-2-1-10-28-15/h1-5,10-12H,6-9H2,(H,20,25). The Labute approximate surface area is 181 Å². The highest BCUT2D eigenvalue weighted by molar-refractivity contribution is 7.94. The average molecular weight is 460 g/mol. The van der Waals surface area contributed by atoms with Gasteiger partial charge in [-0.2, -0.15) is 9.36 Å². The topological polar surface area (TPSA) is 95.5 Å². The molecule has 5 rings (SSSR count). The first-order valence-corrected chi connectivity index (χ1v) is 12.5. The van der Waals surface area contributed by atoms with Gasteiger partial charge in [0.25, 0.3) is 0 Å². The minimum Gasteiger partial charge on any atom is -0.343 e. The largest absolute Gasteiger partial charge is 0.343 e. The van der Waals surface area contributed by atoms with E-state index >= 15 is 0 Å². The van der Waals surface area contributed by atoms with E-state index in [1.165, 1.54) is 23.0 Å². The maximum atomic E-state index is 12.6. The lowest BCUT2D eigenvalue weighted by Crippen LogP contribution is -2.50. The van der Waals surface area contributed by atoms with Crippen LogP contribution in [0, 0.1) is 0 Å². The first kappa shape index (κ1) is 19.2. The molecular formula is C19H17N5O3S3. The maximum absolute atomic E-state index is 12.6. The van der Waals surface area contributed by atoms with Crippen LogP contribution >= 0.6 is 22.9 Å². The molecular weight excluding hydrogens is 442 g/mol. The Hall–Kier alpha value is -2.76. The van der Waals surface area contributed by atoms with Gasteiger partial charge in [-0.05, 0) is 35.2 Å². The molecule has 1 fully saturated rings. The van der Waals surface area contributed by atoms with Gasteiger partial charge in [0.1, 0.15) is 0 Å². The van der Waals surface area contributed by atoms with E-state index in [1.54, 1.807) is 34.4 Å². The molecule has 0 spiro atoms. The summed E-state index contributed by atoms with van der Waals surface area (Å²) in [4.78, 5) is 22.4. The number of fused-ring (bicyclic) bond motifs is 1. The molecule has 0 saturated carbocycles. The number of piperazine rings is 1. The van der Waals surface area contributed by atoms with Gasteiger partial charge in [-0.1, -0.05) is 12.1 Å². The molecule has 0 radical (unpaired) electrons. The monoisotopic (exact) mass is 459 g/mol. The number of carbonyl (C=O) groups is 1. The number of nitrogens with one attached hydrogen (secondary N) is 1. The van der Waals surface area contributed by atoms with Crippen LogP contribution in [0.2, 0.25) is 0 Å². The first-order chi connectivity index (χ1) is 14.5. The van der Waals surface area contributed by atoms with Crippen LogP contribution in [-0.4, -0.2) is 54.9 Å². The average Bonchev–Trinajstić information content (AvgIpc) is 3.49. The number of amides is 2. The van der Waals surface area contributed by atoms with Crippen molar-refractivity contribution in [3.05, 3.63) is 46.7 Å². The molecule has 2 aromatic heterocycles. The molecule has 30 heavy (non-hydrogen) atoms. The van der Waals surface area contributed by atoms with Crippen molar-refractivity contribution in [3.8, 4) is 10.7 Å². The molecule has 1 aromatic carbocycles. The Bertz CT molecular complexity index is 1230. The van der Waals surface area contributed by atoms with Crippen molar-refractivity contribution >= 4 is 55.6 Å². The zero-order chi connectivity index (χ0) is 20.7. The van der Waals surface area contributed by atoms with E-state index in [9.17, 15) is 13.2 Å². The second kappa shape index (κ2) is 7.49. The SMILES string of the molecule is O=C(Nc1ccc2c(c1)S(=O)(=O)C=C2)N1CCN(c2nc(-c3cccs3)ns2)CC1. The summed E-state index contributed by atoms with van der Waals surface area (Å²) >= 11 is 2.98. The number of urea groups is 1. The van der Waals surface area contributed by atoms with Gasteiger partial charge < -0.3 is 15.1 Å². The van der Waals surface area contributed by atoms with Crippen molar-refractivity contribution in [1.29, 1.82) is 0 Å². The summed E-state index contributed by atoms with van der Waals surface area (Å²) in [5.41, 5.74) is 1.11. The Kier molecular flexibility index (Phi) is 4.80. The van der Waals surface area contributed by atoms with Gasteiger partial charge in [-0.25, -0.2) is 13.2 Å². The van der Waals surface area contributed by atoms with Gasteiger partial charge in [0.05, 0.1) is 9.77 Å². The molecule has 1 saturated heterocycles. The fourth-order valence-electron chi connectivity index (χ4n) is 3.39. The summed E-state index contributed by atoms with van der Waals surface area (Å²) in [5, 5.41) is 6.85. The Morgan fingerprint density at radius 1 is 1.13 bits per heavy atom. The fraction of sp³-hybridized carbons (Fsp3) is 0.211. The lowest BCUT2D eigenvalue weighted by molar-refractivity contribution is 0.208.